The van der Waals surface area contributed by atoms with Crippen molar-refractivity contribution in [2.24, 2.45) is 11.8 Å². The first-order valence-corrected chi connectivity index (χ1v) is 6.20. The second kappa shape index (κ2) is 8.05. The third kappa shape index (κ3) is 4.76. The number of hydrogen-bond donors (Lipinski definition) is 3. The molecule has 120 valence electrons. The smallest absolute Gasteiger partial charge is 0.349 e. The summed E-state index contributed by atoms with van der Waals surface area (Å²) in [6.07, 6.45) is -2.27. The van der Waals surface area contributed by atoms with Crippen LogP contribution >= 0.6 is 0 Å². The number of carbonyl (C=O) groups excluding carboxylic acids is 2. The van der Waals surface area contributed by atoms with Gasteiger partial charge in [-0.3, -0.25) is 0 Å². The number of ether oxygens (including phenoxy) is 3. The van der Waals surface area contributed by atoms with Crippen molar-refractivity contribution in [3.8, 4) is 0 Å². The molecule has 9 nitrogen and oxygen atoms in total. The average Bonchev–Trinajstić information content (AvgIpc) is 2.49. The molecule has 1 aliphatic rings. The van der Waals surface area contributed by atoms with Crippen LogP contribution in [0.1, 0.15) is 6.92 Å². The molecule has 0 aromatic heterocycles. The van der Waals surface area contributed by atoms with Gasteiger partial charge in [0.25, 0.3) is 0 Å². The topological polar surface area (TPSA) is 138 Å². The first kappa shape index (κ1) is 17.5. The minimum Gasteiger partial charge on any atom is -0.460 e. The molecule has 5 atom stereocenters. The lowest BCUT2D eigenvalue weighted by Crippen LogP contribution is -2.55. The molecule has 0 spiro atoms. The molecule has 1 rings (SSSR count). The van der Waals surface area contributed by atoms with Crippen LogP contribution in [-0.4, -0.2) is 60.5 Å². The maximum atomic E-state index is 11.4. The van der Waals surface area contributed by atoms with Gasteiger partial charge in [0.1, 0.15) is 18.8 Å². The Labute approximate surface area is 121 Å². The highest BCUT2D eigenvalue weighted by Gasteiger charge is 2.42. The van der Waals surface area contributed by atoms with E-state index in [1.54, 1.807) is 6.92 Å². The summed E-state index contributed by atoms with van der Waals surface area (Å²) in [6.45, 7) is 1.46. The van der Waals surface area contributed by atoms with Crippen molar-refractivity contribution in [3.05, 3.63) is 12.2 Å². The van der Waals surface area contributed by atoms with Gasteiger partial charge < -0.3 is 29.3 Å². The Morgan fingerprint density at radius 1 is 1.24 bits per heavy atom. The normalized spacial score (nSPS) is 32.9. The zero-order chi connectivity index (χ0) is 16.0. The molecule has 9 heteroatoms. The quantitative estimate of drug-likeness (QED) is 0.306. The van der Waals surface area contributed by atoms with Crippen LogP contribution in [0, 0.1) is 5.92 Å². The average molecular weight is 305 g/mol. The standard InChI is InChI=1S/C12H19NO8/c1-6-7(20-12(18-2)11(17)10(6)16)5-19-8(14)3-4-9(15)21-13/h3-4,6-7,10-12,16-17H,5,13H2,1-2H3/b4-3+. The van der Waals surface area contributed by atoms with Gasteiger partial charge in [0.15, 0.2) is 6.29 Å². The second-order valence-corrected chi connectivity index (χ2v) is 4.52. The molecule has 4 N–H and O–H groups in total. The lowest BCUT2D eigenvalue weighted by molar-refractivity contribution is -0.281. The van der Waals surface area contributed by atoms with E-state index in [0.717, 1.165) is 12.2 Å². The number of nitrogens with two attached hydrogens (primary N) is 1. The van der Waals surface area contributed by atoms with E-state index in [-0.39, 0.29) is 6.61 Å². The van der Waals surface area contributed by atoms with Crippen LogP contribution in [0.3, 0.4) is 0 Å². The Morgan fingerprint density at radius 3 is 2.43 bits per heavy atom. The number of rotatable bonds is 5. The highest BCUT2D eigenvalue weighted by Crippen LogP contribution is 2.26. The van der Waals surface area contributed by atoms with Crippen LogP contribution in [0.4, 0.5) is 0 Å². The molecular formula is C12H19NO8. The van der Waals surface area contributed by atoms with E-state index in [2.05, 4.69) is 10.7 Å². The van der Waals surface area contributed by atoms with Gasteiger partial charge in [0.2, 0.25) is 0 Å². The number of methoxy groups -OCH3 is 1. The summed E-state index contributed by atoms with van der Waals surface area (Å²) < 4.78 is 15.1. The van der Waals surface area contributed by atoms with Crippen molar-refractivity contribution in [3.63, 3.8) is 0 Å². The molecule has 0 amide bonds. The summed E-state index contributed by atoms with van der Waals surface area (Å²) in [7, 11) is 1.32. The Balaban J connectivity index is 2.52. The van der Waals surface area contributed by atoms with Gasteiger partial charge in [-0.1, -0.05) is 6.92 Å². The molecule has 1 fully saturated rings. The molecule has 0 bridgehead atoms. The molecule has 5 unspecified atom stereocenters. The third-order valence-electron chi connectivity index (χ3n) is 3.16. The largest absolute Gasteiger partial charge is 0.460 e. The molecule has 1 aliphatic heterocycles. The summed E-state index contributed by atoms with van der Waals surface area (Å²) in [5.74, 6) is 2.42. The second-order valence-electron chi connectivity index (χ2n) is 4.52. The number of carbonyl (C=O) groups is 2. The zero-order valence-corrected chi connectivity index (χ0v) is 11.7. The fraction of sp³-hybridized carbons (Fsp3) is 0.667. The van der Waals surface area contributed by atoms with E-state index in [9.17, 15) is 19.8 Å². The molecule has 1 saturated heterocycles. The Bertz CT molecular complexity index is 397. The monoisotopic (exact) mass is 305 g/mol. The van der Waals surface area contributed by atoms with Crippen LogP contribution < -0.4 is 5.90 Å². The molecule has 0 aliphatic carbocycles. The summed E-state index contributed by atoms with van der Waals surface area (Å²) in [5, 5.41) is 19.5. The van der Waals surface area contributed by atoms with Gasteiger partial charge in [-0.2, -0.15) is 5.90 Å². The van der Waals surface area contributed by atoms with Crippen LogP contribution in [0.25, 0.3) is 0 Å². The maximum Gasteiger partial charge on any atom is 0.349 e. The van der Waals surface area contributed by atoms with Crippen molar-refractivity contribution >= 4 is 11.9 Å². The number of aliphatic hydroxyl groups is 2. The van der Waals surface area contributed by atoms with Crippen LogP contribution in [-0.2, 0) is 28.6 Å². The number of esters is 1. The van der Waals surface area contributed by atoms with E-state index in [1.807, 2.05) is 0 Å². The zero-order valence-electron chi connectivity index (χ0n) is 11.7. The lowest BCUT2D eigenvalue weighted by atomic mass is 9.91. The van der Waals surface area contributed by atoms with Gasteiger partial charge in [-0.15, -0.1) is 0 Å². The van der Waals surface area contributed by atoms with E-state index >= 15 is 0 Å². The fourth-order valence-electron chi connectivity index (χ4n) is 1.84. The van der Waals surface area contributed by atoms with Crippen molar-refractivity contribution in [2.45, 2.75) is 31.5 Å². The van der Waals surface area contributed by atoms with Gasteiger partial charge in [-0.25, -0.2) is 9.59 Å². The molecule has 0 aromatic rings. The SMILES string of the molecule is COC1OC(COC(=O)/C=C/C(=O)ON)C(C)C(O)C1O. The van der Waals surface area contributed by atoms with Gasteiger partial charge in [0, 0.05) is 25.2 Å². The van der Waals surface area contributed by atoms with E-state index in [1.165, 1.54) is 7.11 Å². The summed E-state index contributed by atoms with van der Waals surface area (Å²) >= 11 is 0. The number of aliphatic hydroxyl groups excluding tert-OH is 2. The van der Waals surface area contributed by atoms with Crippen molar-refractivity contribution in [1.29, 1.82) is 0 Å². The molecule has 0 radical (unpaired) electrons. The summed E-state index contributed by atoms with van der Waals surface area (Å²) in [4.78, 5) is 25.9. The first-order chi connectivity index (χ1) is 9.90. The van der Waals surface area contributed by atoms with E-state index in [4.69, 9.17) is 14.2 Å². The highest BCUT2D eigenvalue weighted by molar-refractivity contribution is 5.91. The Hall–Kier alpha value is -1.52. The predicted octanol–water partition coefficient (Wildman–Crippen LogP) is -1.77. The molecular weight excluding hydrogens is 286 g/mol. The third-order valence-corrected chi connectivity index (χ3v) is 3.16. The van der Waals surface area contributed by atoms with Crippen LogP contribution in [0.15, 0.2) is 12.2 Å². The molecule has 21 heavy (non-hydrogen) atoms. The minimum atomic E-state index is -1.18. The molecule has 1 heterocycles. The first-order valence-electron chi connectivity index (χ1n) is 6.20. The van der Waals surface area contributed by atoms with Gasteiger partial charge in [0.05, 0.1) is 6.10 Å². The Morgan fingerprint density at radius 2 is 1.86 bits per heavy atom. The van der Waals surface area contributed by atoms with E-state index < -0.39 is 42.5 Å². The summed E-state index contributed by atoms with van der Waals surface area (Å²) in [5.41, 5.74) is 0. The number of hydrogen-bond acceptors (Lipinski definition) is 9. The Kier molecular flexibility index (Phi) is 6.72. The van der Waals surface area contributed by atoms with Crippen molar-refractivity contribution < 1.29 is 38.9 Å². The van der Waals surface area contributed by atoms with Crippen LogP contribution in [0.5, 0.6) is 0 Å². The fourth-order valence-corrected chi connectivity index (χ4v) is 1.84. The van der Waals surface area contributed by atoms with E-state index in [0.29, 0.717) is 0 Å². The van der Waals surface area contributed by atoms with Crippen molar-refractivity contribution in [1.82, 2.24) is 0 Å². The van der Waals surface area contributed by atoms with Crippen molar-refractivity contribution in [2.75, 3.05) is 13.7 Å². The predicted molar refractivity (Wildman–Crippen MR) is 67.2 cm³/mol. The highest BCUT2D eigenvalue weighted by atomic mass is 16.7. The van der Waals surface area contributed by atoms with Crippen LogP contribution in [0.2, 0.25) is 0 Å². The van der Waals surface area contributed by atoms with Gasteiger partial charge in [-0.05, 0) is 0 Å². The minimum absolute atomic E-state index is 0.175. The lowest BCUT2D eigenvalue weighted by Gasteiger charge is -2.40. The van der Waals surface area contributed by atoms with Gasteiger partial charge >= 0.3 is 11.9 Å². The molecule has 0 saturated carbocycles. The molecule has 0 aromatic carbocycles. The summed E-state index contributed by atoms with van der Waals surface area (Å²) in [6, 6.07) is 0. The maximum absolute atomic E-state index is 11.4.